The number of esters is 1. The van der Waals surface area contributed by atoms with Crippen LogP contribution >= 0.6 is 11.6 Å². The van der Waals surface area contributed by atoms with E-state index < -0.39 is 17.7 Å². The van der Waals surface area contributed by atoms with Crippen molar-refractivity contribution in [2.24, 2.45) is 4.99 Å². The van der Waals surface area contributed by atoms with Gasteiger partial charge in [-0.1, -0.05) is 17.7 Å². The van der Waals surface area contributed by atoms with E-state index in [-0.39, 0.29) is 28.8 Å². The zero-order valence-corrected chi connectivity index (χ0v) is 13.9. The molecular formula is C16H14ClFN4O3. The average Bonchev–Trinajstić information content (AvgIpc) is 2.61. The standard InChI is InChI=1S/C16H14ClFN4O3/c1-25-16(24)13-7-12(21-14(22-13)4-5-19)15(23)20-8-9-2-3-11(18)10(17)6-9/h2-7,19,22H,8H2,1H3,(H,20,23)/b14-4-,19-5?. The number of rotatable bonds is 5. The number of hydrogen-bond acceptors (Lipinski definition) is 6. The first-order valence-corrected chi connectivity index (χ1v) is 7.41. The van der Waals surface area contributed by atoms with E-state index in [1.807, 2.05) is 0 Å². The fourth-order valence-corrected chi connectivity index (χ4v) is 2.12. The number of aliphatic imine (C=N–C) groups is 1. The molecule has 0 atom stereocenters. The predicted octanol–water partition coefficient (Wildman–Crippen LogP) is 1.69. The van der Waals surface area contributed by atoms with Gasteiger partial charge in [-0.3, -0.25) is 4.79 Å². The third-order valence-corrected chi connectivity index (χ3v) is 3.39. The van der Waals surface area contributed by atoms with Crippen molar-refractivity contribution in [3.05, 3.63) is 58.3 Å². The minimum Gasteiger partial charge on any atom is -0.464 e. The summed E-state index contributed by atoms with van der Waals surface area (Å²) in [7, 11) is 1.20. The smallest absolute Gasteiger partial charge is 0.354 e. The van der Waals surface area contributed by atoms with Crippen LogP contribution in [0.5, 0.6) is 0 Å². The Hall–Kier alpha value is -3.00. The second-order valence-corrected chi connectivity index (χ2v) is 5.23. The van der Waals surface area contributed by atoms with Crippen molar-refractivity contribution in [1.82, 2.24) is 10.6 Å². The lowest BCUT2D eigenvalue weighted by Crippen LogP contribution is -2.34. The van der Waals surface area contributed by atoms with Crippen LogP contribution in [0.25, 0.3) is 0 Å². The maximum Gasteiger partial charge on any atom is 0.354 e. The van der Waals surface area contributed by atoms with Gasteiger partial charge < -0.3 is 20.8 Å². The molecule has 1 heterocycles. The van der Waals surface area contributed by atoms with Crippen LogP contribution in [0.15, 0.2) is 46.9 Å². The van der Waals surface area contributed by atoms with Crippen LogP contribution < -0.4 is 10.6 Å². The lowest BCUT2D eigenvalue weighted by Gasteiger charge is -2.15. The van der Waals surface area contributed by atoms with Gasteiger partial charge in [0, 0.05) is 18.8 Å². The van der Waals surface area contributed by atoms with E-state index in [2.05, 4.69) is 20.4 Å². The van der Waals surface area contributed by atoms with Gasteiger partial charge in [-0.25, -0.2) is 14.2 Å². The highest BCUT2D eigenvalue weighted by Gasteiger charge is 2.21. The van der Waals surface area contributed by atoms with Crippen molar-refractivity contribution in [1.29, 1.82) is 5.41 Å². The Morgan fingerprint density at radius 1 is 1.48 bits per heavy atom. The highest BCUT2D eigenvalue weighted by Crippen LogP contribution is 2.16. The molecule has 0 saturated heterocycles. The Bertz CT molecular complexity index is 818. The Morgan fingerprint density at radius 3 is 2.88 bits per heavy atom. The Morgan fingerprint density at radius 2 is 2.24 bits per heavy atom. The van der Waals surface area contributed by atoms with Crippen LogP contribution in [-0.2, 0) is 20.9 Å². The van der Waals surface area contributed by atoms with E-state index >= 15 is 0 Å². The van der Waals surface area contributed by atoms with Gasteiger partial charge >= 0.3 is 5.97 Å². The fraction of sp³-hybridized carbons (Fsp3) is 0.125. The first-order valence-electron chi connectivity index (χ1n) is 7.03. The quantitative estimate of drug-likeness (QED) is 0.546. The Kier molecular flexibility index (Phi) is 6.02. The molecule has 2 rings (SSSR count). The number of halogens is 2. The van der Waals surface area contributed by atoms with E-state index in [0.29, 0.717) is 5.56 Å². The number of nitrogens with zero attached hydrogens (tertiary/aromatic N) is 1. The minimum atomic E-state index is -0.679. The molecular weight excluding hydrogens is 351 g/mol. The van der Waals surface area contributed by atoms with Crippen LogP contribution in [0.1, 0.15) is 5.56 Å². The van der Waals surface area contributed by atoms with Crippen molar-refractivity contribution in [2.45, 2.75) is 6.54 Å². The van der Waals surface area contributed by atoms with Gasteiger partial charge in [0.2, 0.25) is 0 Å². The molecule has 1 amide bonds. The summed E-state index contributed by atoms with van der Waals surface area (Å²) in [6.45, 7) is 0.0935. The second-order valence-electron chi connectivity index (χ2n) is 4.82. The highest BCUT2D eigenvalue weighted by molar-refractivity contribution is 6.44. The lowest BCUT2D eigenvalue weighted by molar-refractivity contribution is -0.136. The molecule has 1 aliphatic heterocycles. The molecule has 7 nitrogen and oxygen atoms in total. The first kappa shape index (κ1) is 18.3. The predicted molar refractivity (Wildman–Crippen MR) is 90.8 cm³/mol. The van der Waals surface area contributed by atoms with Gasteiger partial charge in [0.05, 0.1) is 12.1 Å². The molecule has 0 saturated carbocycles. The topological polar surface area (TPSA) is 104 Å². The van der Waals surface area contributed by atoms with Crippen molar-refractivity contribution >= 4 is 35.4 Å². The number of carbonyl (C=O) groups is 2. The number of amides is 1. The molecule has 0 bridgehead atoms. The molecule has 0 radical (unpaired) electrons. The average molecular weight is 365 g/mol. The summed E-state index contributed by atoms with van der Waals surface area (Å²) < 4.78 is 17.7. The van der Waals surface area contributed by atoms with E-state index in [9.17, 15) is 14.0 Å². The molecule has 0 unspecified atom stereocenters. The van der Waals surface area contributed by atoms with Gasteiger partial charge in [-0.05, 0) is 23.8 Å². The molecule has 1 aromatic rings. The molecule has 130 valence electrons. The monoisotopic (exact) mass is 364 g/mol. The summed E-state index contributed by atoms with van der Waals surface area (Å²) in [6.07, 6.45) is 3.48. The van der Waals surface area contributed by atoms with Crippen LogP contribution in [0.2, 0.25) is 5.02 Å². The molecule has 1 aliphatic rings. The van der Waals surface area contributed by atoms with Gasteiger partial charge in [-0.15, -0.1) is 0 Å². The molecule has 0 spiro atoms. The largest absolute Gasteiger partial charge is 0.464 e. The van der Waals surface area contributed by atoms with E-state index in [1.165, 1.54) is 37.5 Å². The third-order valence-electron chi connectivity index (χ3n) is 3.10. The maximum absolute atomic E-state index is 13.1. The Labute approximate surface area is 147 Å². The second kappa shape index (κ2) is 8.20. The van der Waals surface area contributed by atoms with Gasteiger partial charge in [0.25, 0.3) is 5.91 Å². The fourth-order valence-electron chi connectivity index (χ4n) is 1.92. The zero-order chi connectivity index (χ0) is 18.4. The first-order chi connectivity index (χ1) is 11.9. The summed E-state index contributed by atoms with van der Waals surface area (Å²) in [5.74, 6) is -1.64. The minimum absolute atomic E-state index is 0.0144. The van der Waals surface area contributed by atoms with E-state index in [0.717, 1.165) is 6.21 Å². The molecule has 1 aromatic carbocycles. The normalized spacial score (nSPS) is 14.9. The number of methoxy groups -OCH3 is 1. The third kappa shape index (κ3) is 4.74. The molecule has 0 aromatic heterocycles. The highest BCUT2D eigenvalue weighted by atomic mass is 35.5. The zero-order valence-electron chi connectivity index (χ0n) is 13.1. The Balaban J connectivity index is 2.16. The van der Waals surface area contributed by atoms with Crippen molar-refractivity contribution in [3.8, 4) is 0 Å². The molecule has 0 fully saturated rings. The van der Waals surface area contributed by atoms with Gasteiger partial charge in [0.1, 0.15) is 23.0 Å². The van der Waals surface area contributed by atoms with Gasteiger partial charge in [0.15, 0.2) is 0 Å². The van der Waals surface area contributed by atoms with Crippen LogP contribution in [-0.4, -0.2) is 30.9 Å². The van der Waals surface area contributed by atoms with Crippen molar-refractivity contribution < 1.29 is 18.7 Å². The summed E-state index contributed by atoms with van der Waals surface area (Å²) >= 11 is 5.69. The summed E-state index contributed by atoms with van der Waals surface area (Å²) in [5.41, 5.74) is 0.572. The molecule has 3 N–H and O–H groups in total. The number of benzene rings is 1. The van der Waals surface area contributed by atoms with Crippen LogP contribution in [0.3, 0.4) is 0 Å². The summed E-state index contributed by atoms with van der Waals surface area (Å²) in [6, 6.07) is 4.09. The molecule has 25 heavy (non-hydrogen) atoms. The number of allylic oxidation sites excluding steroid dienone is 1. The van der Waals surface area contributed by atoms with Crippen molar-refractivity contribution in [2.75, 3.05) is 7.11 Å². The van der Waals surface area contributed by atoms with Crippen molar-refractivity contribution in [3.63, 3.8) is 0 Å². The number of hydrogen-bond donors (Lipinski definition) is 3. The SMILES string of the molecule is COC(=O)C1=CC(C(=O)NCc2ccc(F)c(Cl)c2)=N/C(=C/C=N)N1. The number of nitrogens with one attached hydrogen (secondary N) is 3. The maximum atomic E-state index is 13.1. The van der Waals surface area contributed by atoms with Crippen LogP contribution in [0.4, 0.5) is 4.39 Å². The van der Waals surface area contributed by atoms with E-state index in [1.54, 1.807) is 0 Å². The lowest BCUT2D eigenvalue weighted by atomic mass is 10.2. The van der Waals surface area contributed by atoms with E-state index in [4.69, 9.17) is 17.0 Å². The van der Waals surface area contributed by atoms with Crippen LogP contribution in [0, 0.1) is 11.2 Å². The summed E-state index contributed by atoms with van der Waals surface area (Å²) in [5, 5.41) is 12.3. The molecule has 9 heteroatoms. The number of ether oxygens (including phenoxy) is 1. The molecule has 0 aliphatic carbocycles. The number of carbonyl (C=O) groups excluding carboxylic acids is 2. The summed E-state index contributed by atoms with van der Waals surface area (Å²) in [4.78, 5) is 27.9. The van der Waals surface area contributed by atoms with Gasteiger partial charge in [-0.2, -0.15) is 0 Å².